The minimum Gasteiger partial charge on any atom is -0.495 e. The first-order chi connectivity index (χ1) is 14.2. The zero-order valence-electron chi connectivity index (χ0n) is 16.8. The molecule has 4 rings (SSSR count). The fraction of sp³-hybridized carbons (Fsp3) is 0.240. The Hall–Kier alpha value is -3.11. The average molecular weight is 386 g/mol. The fourth-order valence-corrected chi connectivity index (χ4v) is 3.81. The molecule has 29 heavy (non-hydrogen) atoms. The number of carbonyl (C=O) groups excluding carboxylic acids is 1. The molecule has 1 aliphatic heterocycles. The second kappa shape index (κ2) is 8.93. The van der Waals surface area contributed by atoms with E-state index in [9.17, 15) is 4.79 Å². The number of carbonyl (C=O) groups is 1. The molecule has 0 aliphatic carbocycles. The summed E-state index contributed by atoms with van der Waals surface area (Å²) in [6.45, 7) is 3.98. The quantitative estimate of drug-likeness (QED) is 0.589. The Morgan fingerprint density at radius 1 is 0.793 bits per heavy atom. The lowest BCUT2D eigenvalue weighted by atomic mass is 10.0. The van der Waals surface area contributed by atoms with E-state index in [4.69, 9.17) is 4.74 Å². The minimum absolute atomic E-state index is 0.176. The van der Waals surface area contributed by atoms with Crippen molar-refractivity contribution in [1.29, 1.82) is 0 Å². The van der Waals surface area contributed by atoms with E-state index in [-0.39, 0.29) is 5.78 Å². The maximum absolute atomic E-state index is 12.7. The summed E-state index contributed by atoms with van der Waals surface area (Å²) in [5.74, 6) is 1.07. The van der Waals surface area contributed by atoms with Crippen molar-refractivity contribution >= 4 is 11.5 Å². The normalized spacial score (nSPS) is 14.6. The van der Waals surface area contributed by atoms with Crippen molar-refractivity contribution in [2.75, 3.05) is 44.7 Å². The van der Waals surface area contributed by atoms with Crippen LogP contribution < -0.4 is 9.64 Å². The Labute approximate surface area is 172 Å². The molecule has 0 saturated carbocycles. The average Bonchev–Trinajstić information content (AvgIpc) is 2.80. The van der Waals surface area contributed by atoms with Crippen LogP contribution in [0.15, 0.2) is 78.9 Å². The summed E-state index contributed by atoms with van der Waals surface area (Å²) in [6.07, 6.45) is 0. The van der Waals surface area contributed by atoms with E-state index in [1.807, 2.05) is 60.7 Å². The van der Waals surface area contributed by atoms with Gasteiger partial charge >= 0.3 is 0 Å². The Balaban J connectivity index is 1.34. The number of nitrogens with zero attached hydrogens (tertiary/aromatic N) is 2. The molecule has 3 aromatic carbocycles. The summed E-state index contributed by atoms with van der Waals surface area (Å²) >= 11 is 0. The number of ether oxygens (including phenoxy) is 1. The van der Waals surface area contributed by atoms with Crippen molar-refractivity contribution in [3.8, 4) is 16.9 Å². The van der Waals surface area contributed by atoms with Gasteiger partial charge in [0.15, 0.2) is 5.78 Å². The summed E-state index contributed by atoms with van der Waals surface area (Å²) in [4.78, 5) is 17.3. The first-order valence-corrected chi connectivity index (χ1v) is 10.0. The van der Waals surface area contributed by atoms with Gasteiger partial charge < -0.3 is 9.64 Å². The molecule has 0 atom stereocenters. The summed E-state index contributed by atoms with van der Waals surface area (Å²) in [7, 11) is 1.71. The monoisotopic (exact) mass is 386 g/mol. The van der Waals surface area contributed by atoms with E-state index in [1.165, 1.54) is 5.56 Å². The van der Waals surface area contributed by atoms with E-state index >= 15 is 0 Å². The summed E-state index contributed by atoms with van der Waals surface area (Å²) in [5.41, 5.74) is 4.20. The van der Waals surface area contributed by atoms with E-state index in [1.54, 1.807) is 7.11 Å². The zero-order chi connectivity index (χ0) is 20.1. The molecule has 1 aliphatic rings. The molecule has 4 heteroatoms. The van der Waals surface area contributed by atoms with Crippen molar-refractivity contribution < 1.29 is 9.53 Å². The molecule has 4 nitrogen and oxygen atoms in total. The summed E-state index contributed by atoms with van der Waals surface area (Å²) in [6, 6.07) is 26.3. The van der Waals surface area contributed by atoms with Crippen LogP contribution in [0.4, 0.5) is 5.69 Å². The topological polar surface area (TPSA) is 32.8 Å². The molecule has 0 unspecified atom stereocenters. The lowest BCUT2D eigenvalue weighted by Gasteiger charge is -2.36. The number of rotatable bonds is 6. The molecule has 148 valence electrons. The fourth-order valence-electron chi connectivity index (χ4n) is 3.81. The van der Waals surface area contributed by atoms with E-state index < -0.39 is 0 Å². The van der Waals surface area contributed by atoms with Gasteiger partial charge in [0, 0.05) is 31.7 Å². The van der Waals surface area contributed by atoms with E-state index in [0.29, 0.717) is 6.54 Å². The van der Waals surface area contributed by atoms with Gasteiger partial charge in [0.05, 0.1) is 19.3 Å². The van der Waals surface area contributed by atoms with Gasteiger partial charge in [-0.1, -0.05) is 66.7 Å². The lowest BCUT2D eigenvalue weighted by Crippen LogP contribution is -2.48. The third kappa shape index (κ3) is 4.49. The number of piperazine rings is 1. The highest BCUT2D eigenvalue weighted by molar-refractivity contribution is 5.98. The van der Waals surface area contributed by atoms with Crippen LogP contribution >= 0.6 is 0 Å². The van der Waals surface area contributed by atoms with Crippen molar-refractivity contribution in [2.45, 2.75) is 0 Å². The molecule has 0 amide bonds. The number of anilines is 1. The highest BCUT2D eigenvalue weighted by atomic mass is 16.5. The third-order valence-corrected chi connectivity index (χ3v) is 5.48. The number of benzene rings is 3. The first-order valence-electron chi connectivity index (χ1n) is 10.0. The van der Waals surface area contributed by atoms with Crippen LogP contribution in [-0.4, -0.2) is 50.5 Å². The number of methoxy groups -OCH3 is 1. The Morgan fingerprint density at radius 2 is 1.41 bits per heavy atom. The van der Waals surface area contributed by atoms with Gasteiger partial charge in [-0.05, 0) is 23.3 Å². The van der Waals surface area contributed by atoms with Crippen molar-refractivity contribution in [3.63, 3.8) is 0 Å². The SMILES string of the molecule is COc1ccccc1N1CCN(CC(=O)c2ccc(-c3ccccc3)cc2)CC1. The maximum atomic E-state index is 12.7. The van der Waals surface area contributed by atoms with Crippen LogP contribution in [0.25, 0.3) is 11.1 Å². The predicted molar refractivity (Wildman–Crippen MR) is 118 cm³/mol. The number of hydrogen-bond acceptors (Lipinski definition) is 4. The van der Waals surface area contributed by atoms with Crippen molar-refractivity contribution in [3.05, 3.63) is 84.4 Å². The molecule has 0 radical (unpaired) electrons. The van der Waals surface area contributed by atoms with Gasteiger partial charge in [-0.3, -0.25) is 9.69 Å². The van der Waals surface area contributed by atoms with E-state index in [0.717, 1.165) is 48.7 Å². The molecule has 1 heterocycles. The largest absolute Gasteiger partial charge is 0.495 e. The summed E-state index contributed by atoms with van der Waals surface area (Å²) in [5, 5.41) is 0. The van der Waals surface area contributed by atoms with Gasteiger partial charge in [0.1, 0.15) is 5.75 Å². The second-order valence-electron chi connectivity index (χ2n) is 7.30. The van der Waals surface area contributed by atoms with Crippen LogP contribution in [0.5, 0.6) is 5.75 Å². The van der Waals surface area contributed by atoms with Gasteiger partial charge in [0.2, 0.25) is 0 Å². The van der Waals surface area contributed by atoms with Crippen LogP contribution in [0.3, 0.4) is 0 Å². The molecular formula is C25H26N2O2. The second-order valence-corrected chi connectivity index (χ2v) is 7.30. The number of ketones is 1. The summed E-state index contributed by atoms with van der Waals surface area (Å²) < 4.78 is 5.48. The first kappa shape index (κ1) is 19.2. The highest BCUT2D eigenvalue weighted by Gasteiger charge is 2.21. The van der Waals surface area contributed by atoms with Crippen LogP contribution in [0.1, 0.15) is 10.4 Å². The van der Waals surface area contributed by atoms with E-state index in [2.05, 4.69) is 28.0 Å². The van der Waals surface area contributed by atoms with Crippen molar-refractivity contribution in [2.24, 2.45) is 0 Å². The van der Waals surface area contributed by atoms with Gasteiger partial charge in [-0.15, -0.1) is 0 Å². The number of Topliss-reactive ketones (excluding diaryl/α,β-unsaturated/α-hetero) is 1. The maximum Gasteiger partial charge on any atom is 0.176 e. The smallest absolute Gasteiger partial charge is 0.176 e. The molecule has 1 fully saturated rings. The minimum atomic E-state index is 0.176. The van der Waals surface area contributed by atoms with Gasteiger partial charge in [-0.25, -0.2) is 0 Å². The van der Waals surface area contributed by atoms with Crippen LogP contribution in [0, 0.1) is 0 Å². The van der Waals surface area contributed by atoms with Gasteiger partial charge in [-0.2, -0.15) is 0 Å². The number of para-hydroxylation sites is 2. The Kier molecular flexibility index (Phi) is 5.92. The lowest BCUT2D eigenvalue weighted by molar-refractivity contribution is 0.0926. The third-order valence-electron chi connectivity index (χ3n) is 5.48. The van der Waals surface area contributed by atoms with Crippen molar-refractivity contribution in [1.82, 2.24) is 4.90 Å². The Bertz CT molecular complexity index is 946. The molecule has 0 N–H and O–H groups in total. The van der Waals surface area contributed by atoms with Crippen LogP contribution in [-0.2, 0) is 0 Å². The molecule has 0 spiro atoms. The Morgan fingerprint density at radius 3 is 2.10 bits per heavy atom. The van der Waals surface area contributed by atoms with Crippen LogP contribution in [0.2, 0.25) is 0 Å². The molecule has 0 aromatic heterocycles. The number of hydrogen-bond donors (Lipinski definition) is 0. The van der Waals surface area contributed by atoms with Gasteiger partial charge in [0.25, 0.3) is 0 Å². The molecule has 1 saturated heterocycles. The molecule has 3 aromatic rings. The predicted octanol–water partition coefficient (Wildman–Crippen LogP) is 4.37. The zero-order valence-corrected chi connectivity index (χ0v) is 16.8. The highest BCUT2D eigenvalue weighted by Crippen LogP contribution is 2.28. The molecular weight excluding hydrogens is 360 g/mol. The standard InChI is InChI=1S/C25H26N2O2/c1-29-25-10-6-5-9-23(25)27-17-15-26(16-18-27)19-24(28)22-13-11-21(12-14-22)20-7-3-2-4-8-20/h2-14H,15-19H2,1H3. The molecule has 0 bridgehead atoms.